The van der Waals surface area contributed by atoms with Crippen LogP contribution >= 0.6 is 11.6 Å². The molecule has 0 bridgehead atoms. The molecule has 0 saturated heterocycles. The van der Waals surface area contributed by atoms with E-state index in [-0.39, 0.29) is 5.82 Å². The highest BCUT2D eigenvalue weighted by molar-refractivity contribution is 6.31. The van der Waals surface area contributed by atoms with Crippen LogP contribution in [0.1, 0.15) is 29.5 Å². The molecule has 2 N–H and O–H groups in total. The fourth-order valence-electron chi connectivity index (χ4n) is 3.14. The maximum atomic E-state index is 13.1. The van der Waals surface area contributed by atoms with Crippen molar-refractivity contribution in [3.8, 4) is 0 Å². The van der Waals surface area contributed by atoms with Gasteiger partial charge in [0.05, 0.1) is 0 Å². The van der Waals surface area contributed by atoms with Gasteiger partial charge in [-0.25, -0.2) is 4.39 Å². The Bertz CT molecular complexity index is 641. The molecule has 20 heavy (non-hydrogen) atoms. The van der Waals surface area contributed by atoms with Crippen molar-refractivity contribution >= 4 is 11.6 Å². The van der Waals surface area contributed by atoms with Crippen LogP contribution < -0.4 is 5.73 Å². The Kier molecular flexibility index (Phi) is 3.53. The van der Waals surface area contributed by atoms with Gasteiger partial charge in [-0.15, -0.1) is 0 Å². The molecular formula is C17H17ClFN. The first-order chi connectivity index (χ1) is 9.58. The molecule has 3 rings (SSSR count). The monoisotopic (exact) mass is 289 g/mol. The minimum absolute atomic E-state index is 0.311. The zero-order chi connectivity index (χ0) is 14.2. The van der Waals surface area contributed by atoms with Crippen LogP contribution in [-0.4, -0.2) is 0 Å². The third-order valence-electron chi connectivity index (χ3n) is 4.14. The number of hydrogen-bond donors (Lipinski definition) is 1. The van der Waals surface area contributed by atoms with Crippen molar-refractivity contribution in [2.45, 2.75) is 31.2 Å². The zero-order valence-electron chi connectivity index (χ0n) is 11.2. The summed E-state index contributed by atoms with van der Waals surface area (Å²) in [6.07, 6.45) is 3.72. The van der Waals surface area contributed by atoms with E-state index in [9.17, 15) is 4.39 Å². The third kappa shape index (κ3) is 2.46. The van der Waals surface area contributed by atoms with Crippen molar-refractivity contribution in [2.75, 3.05) is 0 Å². The van der Waals surface area contributed by atoms with Crippen molar-refractivity contribution in [3.63, 3.8) is 0 Å². The Morgan fingerprint density at radius 2 is 2.00 bits per heavy atom. The number of nitrogens with two attached hydrogens (primary N) is 1. The molecule has 3 heteroatoms. The van der Waals surface area contributed by atoms with Gasteiger partial charge in [-0.3, -0.25) is 0 Å². The van der Waals surface area contributed by atoms with Crippen LogP contribution in [0.2, 0.25) is 5.02 Å². The summed E-state index contributed by atoms with van der Waals surface area (Å²) in [5.74, 6) is -0.311. The van der Waals surface area contributed by atoms with Crippen molar-refractivity contribution in [2.24, 2.45) is 5.73 Å². The largest absolute Gasteiger partial charge is 0.321 e. The molecule has 1 aliphatic rings. The number of rotatable bonds is 2. The van der Waals surface area contributed by atoms with Crippen molar-refractivity contribution in [1.82, 2.24) is 0 Å². The van der Waals surface area contributed by atoms with Gasteiger partial charge in [0.2, 0.25) is 0 Å². The summed E-state index contributed by atoms with van der Waals surface area (Å²) in [5.41, 5.74) is 9.68. The molecule has 0 saturated carbocycles. The van der Waals surface area contributed by atoms with Crippen LogP contribution in [0.15, 0.2) is 42.5 Å². The van der Waals surface area contributed by atoms with Gasteiger partial charge >= 0.3 is 0 Å². The highest BCUT2D eigenvalue weighted by atomic mass is 35.5. The second-order valence-electron chi connectivity index (χ2n) is 5.58. The first-order valence-corrected chi connectivity index (χ1v) is 7.27. The summed E-state index contributed by atoms with van der Waals surface area (Å²) < 4.78 is 13.1. The maximum absolute atomic E-state index is 13.1. The Balaban J connectivity index is 1.98. The van der Waals surface area contributed by atoms with Gasteiger partial charge in [0, 0.05) is 10.6 Å². The second-order valence-corrected chi connectivity index (χ2v) is 5.99. The van der Waals surface area contributed by atoms with Gasteiger partial charge in [0.25, 0.3) is 0 Å². The average molecular weight is 290 g/mol. The molecule has 2 aromatic rings. The fourth-order valence-corrected chi connectivity index (χ4v) is 3.38. The Labute approximate surface area is 123 Å². The zero-order valence-corrected chi connectivity index (χ0v) is 12.0. The van der Waals surface area contributed by atoms with Gasteiger partial charge in [0.15, 0.2) is 0 Å². The third-order valence-corrected chi connectivity index (χ3v) is 4.50. The van der Waals surface area contributed by atoms with E-state index < -0.39 is 5.54 Å². The van der Waals surface area contributed by atoms with E-state index in [2.05, 4.69) is 18.2 Å². The molecule has 0 aromatic heterocycles. The standard InChI is InChI=1S/C17H17ClFN/c18-16-10-14(19)8-7-13(16)11-17(20)9-3-5-12-4-1-2-6-15(12)17/h1-2,4,6-8,10H,3,5,9,11,20H2. The van der Waals surface area contributed by atoms with E-state index in [1.807, 2.05) is 6.07 Å². The molecule has 0 radical (unpaired) electrons. The van der Waals surface area contributed by atoms with Crippen molar-refractivity contribution < 1.29 is 4.39 Å². The molecule has 0 fully saturated rings. The number of fused-ring (bicyclic) bond motifs is 1. The lowest BCUT2D eigenvalue weighted by Crippen LogP contribution is -2.42. The predicted molar refractivity (Wildman–Crippen MR) is 80.4 cm³/mol. The minimum atomic E-state index is -0.406. The van der Waals surface area contributed by atoms with Crippen LogP contribution in [0.3, 0.4) is 0 Å². The summed E-state index contributed by atoms with van der Waals surface area (Å²) in [5, 5.41) is 0.456. The Hall–Kier alpha value is -1.38. The molecular weight excluding hydrogens is 273 g/mol. The summed E-state index contributed by atoms with van der Waals surface area (Å²) in [4.78, 5) is 0. The minimum Gasteiger partial charge on any atom is -0.321 e. The lowest BCUT2D eigenvalue weighted by atomic mass is 9.74. The highest BCUT2D eigenvalue weighted by Crippen LogP contribution is 2.37. The molecule has 1 atom stereocenters. The Morgan fingerprint density at radius 1 is 1.20 bits per heavy atom. The van der Waals surface area contributed by atoms with Crippen LogP contribution in [-0.2, 0) is 18.4 Å². The van der Waals surface area contributed by atoms with E-state index in [0.29, 0.717) is 11.4 Å². The second kappa shape index (κ2) is 5.19. The van der Waals surface area contributed by atoms with E-state index >= 15 is 0 Å². The summed E-state index contributed by atoms with van der Waals surface area (Å²) in [6, 6.07) is 12.9. The van der Waals surface area contributed by atoms with Gasteiger partial charge in [-0.05, 0) is 54.5 Å². The molecule has 2 aromatic carbocycles. The molecule has 1 nitrogen and oxygen atoms in total. The van der Waals surface area contributed by atoms with Gasteiger partial charge < -0.3 is 5.73 Å². The Morgan fingerprint density at radius 3 is 2.80 bits per heavy atom. The number of halogens is 2. The number of aryl methyl sites for hydroxylation is 1. The molecule has 0 aliphatic heterocycles. The smallest absolute Gasteiger partial charge is 0.124 e. The van der Waals surface area contributed by atoms with Crippen molar-refractivity contribution in [3.05, 3.63) is 70.0 Å². The van der Waals surface area contributed by atoms with Crippen LogP contribution in [0.5, 0.6) is 0 Å². The molecule has 0 spiro atoms. The van der Waals surface area contributed by atoms with Crippen LogP contribution in [0, 0.1) is 5.82 Å². The number of benzene rings is 2. The van der Waals surface area contributed by atoms with E-state index in [0.717, 1.165) is 24.8 Å². The fraction of sp³-hybridized carbons (Fsp3) is 0.294. The van der Waals surface area contributed by atoms with Crippen molar-refractivity contribution in [1.29, 1.82) is 0 Å². The SMILES string of the molecule is NC1(Cc2ccc(F)cc2Cl)CCCc2ccccc21. The lowest BCUT2D eigenvalue weighted by molar-refractivity contribution is 0.369. The maximum Gasteiger partial charge on any atom is 0.124 e. The van der Waals surface area contributed by atoms with Gasteiger partial charge in [0.1, 0.15) is 5.82 Å². The summed E-state index contributed by atoms with van der Waals surface area (Å²) in [6.45, 7) is 0. The van der Waals surface area contributed by atoms with Crippen LogP contribution in [0.4, 0.5) is 4.39 Å². The number of hydrogen-bond acceptors (Lipinski definition) is 1. The normalized spacial score (nSPS) is 21.6. The summed E-state index contributed by atoms with van der Waals surface area (Å²) in [7, 11) is 0. The summed E-state index contributed by atoms with van der Waals surface area (Å²) >= 11 is 6.14. The molecule has 0 amide bonds. The quantitative estimate of drug-likeness (QED) is 0.880. The predicted octanol–water partition coefficient (Wildman–Crippen LogP) is 4.21. The molecule has 0 heterocycles. The van der Waals surface area contributed by atoms with E-state index in [1.165, 1.54) is 23.3 Å². The van der Waals surface area contributed by atoms with E-state index in [4.69, 9.17) is 17.3 Å². The van der Waals surface area contributed by atoms with Gasteiger partial charge in [-0.2, -0.15) is 0 Å². The molecule has 1 aliphatic carbocycles. The highest BCUT2D eigenvalue weighted by Gasteiger charge is 2.33. The van der Waals surface area contributed by atoms with Crippen LogP contribution in [0.25, 0.3) is 0 Å². The molecule has 1 unspecified atom stereocenters. The van der Waals surface area contributed by atoms with Gasteiger partial charge in [-0.1, -0.05) is 41.9 Å². The molecule has 104 valence electrons. The average Bonchev–Trinajstić information content (AvgIpc) is 2.43. The van der Waals surface area contributed by atoms with E-state index in [1.54, 1.807) is 6.07 Å². The lowest BCUT2D eigenvalue weighted by Gasteiger charge is -2.36. The first-order valence-electron chi connectivity index (χ1n) is 6.90. The topological polar surface area (TPSA) is 26.0 Å². The first kappa shape index (κ1) is 13.6.